The van der Waals surface area contributed by atoms with E-state index in [9.17, 15) is 18.1 Å². The lowest BCUT2D eigenvalue weighted by Crippen LogP contribution is -2.41. The summed E-state index contributed by atoms with van der Waals surface area (Å²) in [4.78, 5) is 8.91. The molecule has 1 fully saturated rings. The minimum atomic E-state index is -4.38. The molecule has 32 heavy (non-hydrogen) atoms. The number of halogens is 1. The summed E-state index contributed by atoms with van der Waals surface area (Å²) in [5.41, 5.74) is 3.06. The molecule has 0 amide bonds. The monoisotopic (exact) mass is 477 g/mol. The van der Waals surface area contributed by atoms with E-state index in [0.29, 0.717) is 18.5 Å². The standard InChI is InChI=1S/C21H24ClN5O4S/c1-26(32(29,30)31)18-9-12(10-19(18)28)27-8-7-15-20(23-11-24-21(15)27)25-17-6-5-13-14(17)3-2-4-16(13)22/h2-4,7-8,11-12,17-19,28H,5-6,9-10H2,1H3,(H,23,24,25)(H,29,30,31)/t12-,17+,18+,19+/m1/s1. The molecule has 3 aromatic rings. The predicted octanol–water partition coefficient (Wildman–Crippen LogP) is 2.98. The van der Waals surface area contributed by atoms with E-state index in [1.54, 1.807) is 0 Å². The Bertz CT molecular complexity index is 1280. The molecular weight excluding hydrogens is 454 g/mol. The van der Waals surface area contributed by atoms with Gasteiger partial charge < -0.3 is 15.0 Å². The fourth-order valence-electron chi connectivity index (χ4n) is 5.06. The van der Waals surface area contributed by atoms with E-state index in [-0.39, 0.29) is 12.1 Å². The van der Waals surface area contributed by atoms with E-state index >= 15 is 0 Å². The summed E-state index contributed by atoms with van der Waals surface area (Å²) >= 11 is 6.35. The molecule has 2 aliphatic carbocycles. The van der Waals surface area contributed by atoms with Crippen LogP contribution in [-0.2, 0) is 16.7 Å². The highest BCUT2D eigenvalue weighted by molar-refractivity contribution is 7.83. The molecule has 2 aromatic heterocycles. The first-order valence-corrected chi connectivity index (χ1v) is 12.3. The maximum Gasteiger partial charge on any atom is 0.335 e. The second kappa shape index (κ2) is 7.96. The van der Waals surface area contributed by atoms with Crippen molar-refractivity contribution in [3.63, 3.8) is 0 Å². The van der Waals surface area contributed by atoms with Crippen LogP contribution >= 0.6 is 11.6 Å². The molecule has 2 heterocycles. The lowest BCUT2D eigenvalue weighted by molar-refractivity contribution is 0.117. The third-order valence-corrected chi connectivity index (χ3v) is 8.08. The third kappa shape index (κ3) is 3.65. The molecule has 9 nitrogen and oxygen atoms in total. The highest BCUT2D eigenvalue weighted by atomic mass is 35.5. The normalized spacial score (nSPS) is 25.5. The zero-order chi connectivity index (χ0) is 22.6. The van der Waals surface area contributed by atoms with Crippen molar-refractivity contribution in [1.29, 1.82) is 0 Å². The zero-order valence-corrected chi connectivity index (χ0v) is 19.0. The summed E-state index contributed by atoms with van der Waals surface area (Å²) in [6, 6.07) is 7.12. The van der Waals surface area contributed by atoms with Gasteiger partial charge in [0.2, 0.25) is 0 Å². The van der Waals surface area contributed by atoms with Crippen LogP contribution in [0.25, 0.3) is 11.0 Å². The second-order valence-electron chi connectivity index (χ2n) is 8.48. The van der Waals surface area contributed by atoms with Gasteiger partial charge in [-0.1, -0.05) is 23.7 Å². The Balaban J connectivity index is 1.42. The molecule has 4 atom stereocenters. The van der Waals surface area contributed by atoms with Gasteiger partial charge in [0.05, 0.1) is 23.6 Å². The van der Waals surface area contributed by atoms with E-state index in [0.717, 1.165) is 33.4 Å². The van der Waals surface area contributed by atoms with Gasteiger partial charge in [0.25, 0.3) is 0 Å². The lowest BCUT2D eigenvalue weighted by Gasteiger charge is -2.23. The van der Waals surface area contributed by atoms with Crippen molar-refractivity contribution >= 4 is 38.8 Å². The van der Waals surface area contributed by atoms with Crippen LogP contribution in [-0.4, -0.2) is 56.1 Å². The summed E-state index contributed by atoms with van der Waals surface area (Å²) in [5, 5.41) is 15.6. The van der Waals surface area contributed by atoms with Crippen LogP contribution in [0.15, 0.2) is 36.8 Å². The number of aliphatic hydroxyl groups excluding tert-OH is 1. The van der Waals surface area contributed by atoms with Crippen LogP contribution in [0.3, 0.4) is 0 Å². The van der Waals surface area contributed by atoms with E-state index in [4.69, 9.17) is 11.6 Å². The third-order valence-electron chi connectivity index (χ3n) is 6.73. The predicted molar refractivity (Wildman–Crippen MR) is 121 cm³/mol. The molecule has 0 aliphatic heterocycles. The van der Waals surface area contributed by atoms with Gasteiger partial charge in [-0.3, -0.25) is 4.55 Å². The summed E-state index contributed by atoms with van der Waals surface area (Å²) in [6.45, 7) is 0. The summed E-state index contributed by atoms with van der Waals surface area (Å²) < 4.78 is 35.2. The molecule has 2 aliphatic rings. The van der Waals surface area contributed by atoms with Crippen LogP contribution < -0.4 is 5.32 Å². The average Bonchev–Trinajstić information content (AvgIpc) is 3.45. The van der Waals surface area contributed by atoms with Gasteiger partial charge in [-0.2, -0.15) is 12.7 Å². The summed E-state index contributed by atoms with van der Waals surface area (Å²) in [5.74, 6) is 0.719. The highest BCUT2D eigenvalue weighted by Gasteiger charge is 2.40. The van der Waals surface area contributed by atoms with Gasteiger partial charge in [-0.05, 0) is 48.9 Å². The molecule has 0 saturated heterocycles. The van der Waals surface area contributed by atoms with E-state index in [2.05, 4.69) is 21.4 Å². The largest absolute Gasteiger partial charge is 0.391 e. The fourth-order valence-corrected chi connectivity index (χ4v) is 5.91. The number of hydrogen-bond donors (Lipinski definition) is 3. The number of hydrogen-bond acceptors (Lipinski definition) is 6. The van der Waals surface area contributed by atoms with Crippen molar-refractivity contribution in [2.75, 3.05) is 12.4 Å². The number of nitrogens with zero attached hydrogens (tertiary/aromatic N) is 4. The molecule has 0 spiro atoms. The van der Waals surface area contributed by atoms with Crippen molar-refractivity contribution < 1.29 is 18.1 Å². The SMILES string of the molecule is CN([C@H]1C[C@@H](n2ccc3c(N[C@H]4CCc5c(Cl)cccc54)ncnc32)C[C@@H]1O)S(=O)(=O)O. The maximum atomic E-state index is 11.5. The number of likely N-dealkylation sites (N-methyl/N-ethyl adjacent to an activating group) is 1. The topological polar surface area (TPSA) is 121 Å². The Morgan fingerprint density at radius 1 is 1.25 bits per heavy atom. The number of nitrogens with one attached hydrogen (secondary N) is 1. The molecule has 5 rings (SSSR count). The van der Waals surface area contributed by atoms with Crippen LogP contribution in [0.4, 0.5) is 5.82 Å². The Morgan fingerprint density at radius 2 is 2.06 bits per heavy atom. The fraction of sp³-hybridized carbons (Fsp3) is 0.429. The molecule has 0 radical (unpaired) electrons. The van der Waals surface area contributed by atoms with Crippen molar-refractivity contribution in [2.24, 2.45) is 0 Å². The van der Waals surface area contributed by atoms with Gasteiger partial charge in [0.15, 0.2) is 0 Å². The second-order valence-corrected chi connectivity index (χ2v) is 10.4. The minimum Gasteiger partial charge on any atom is -0.391 e. The van der Waals surface area contributed by atoms with Crippen molar-refractivity contribution in [1.82, 2.24) is 18.8 Å². The Kier molecular flexibility index (Phi) is 5.37. The molecule has 0 bridgehead atoms. The lowest BCUT2D eigenvalue weighted by atomic mass is 10.1. The van der Waals surface area contributed by atoms with Crippen molar-refractivity contribution in [3.05, 3.63) is 52.9 Å². The quantitative estimate of drug-likeness (QED) is 0.483. The Labute approximate surface area is 190 Å². The van der Waals surface area contributed by atoms with E-state index in [1.165, 1.54) is 24.5 Å². The van der Waals surface area contributed by atoms with Crippen molar-refractivity contribution in [3.8, 4) is 0 Å². The van der Waals surface area contributed by atoms with Crippen molar-refractivity contribution in [2.45, 2.75) is 49.9 Å². The van der Waals surface area contributed by atoms with Crippen LogP contribution in [0.2, 0.25) is 5.02 Å². The van der Waals surface area contributed by atoms with Crippen LogP contribution in [0.1, 0.15) is 42.5 Å². The van der Waals surface area contributed by atoms with Crippen LogP contribution in [0.5, 0.6) is 0 Å². The minimum absolute atomic E-state index is 0.103. The summed E-state index contributed by atoms with van der Waals surface area (Å²) in [7, 11) is -3.11. The number of aromatic nitrogens is 3. The number of fused-ring (bicyclic) bond motifs is 2. The maximum absolute atomic E-state index is 11.5. The molecule has 11 heteroatoms. The molecule has 1 aromatic carbocycles. The van der Waals surface area contributed by atoms with Gasteiger partial charge in [-0.25, -0.2) is 9.97 Å². The molecular formula is C21H24ClN5O4S. The van der Waals surface area contributed by atoms with E-state index < -0.39 is 22.4 Å². The smallest absolute Gasteiger partial charge is 0.335 e. The van der Waals surface area contributed by atoms with Gasteiger partial charge in [0, 0.05) is 24.3 Å². The first-order chi connectivity index (χ1) is 15.2. The zero-order valence-electron chi connectivity index (χ0n) is 17.4. The number of anilines is 1. The molecule has 1 saturated carbocycles. The number of aliphatic hydroxyl groups is 1. The van der Waals surface area contributed by atoms with Gasteiger partial charge in [-0.15, -0.1) is 0 Å². The Hall–Kier alpha value is -2.24. The average molecular weight is 478 g/mol. The van der Waals surface area contributed by atoms with Crippen LogP contribution in [0, 0.1) is 0 Å². The number of benzene rings is 1. The Morgan fingerprint density at radius 3 is 2.84 bits per heavy atom. The first-order valence-electron chi connectivity index (χ1n) is 10.5. The first kappa shape index (κ1) is 21.6. The van der Waals surface area contributed by atoms with Gasteiger partial charge in [0.1, 0.15) is 17.8 Å². The molecule has 0 unspecified atom stereocenters. The highest BCUT2D eigenvalue weighted by Crippen LogP contribution is 2.39. The molecule has 3 N–H and O–H groups in total. The molecule has 170 valence electrons. The van der Waals surface area contributed by atoms with Gasteiger partial charge >= 0.3 is 10.3 Å². The number of rotatable bonds is 5. The summed E-state index contributed by atoms with van der Waals surface area (Å²) in [6.07, 6.45) is 5.05. The van der Waals surface area contributed by atoms with E-state index in [1.807, 2.05) is 29.0 Å².